The lowest BCUT2D eigenvalue weighted by Crippen LogP contribution is -2.49. The van der Waals surface area contributed by atoms with E-state index in [1.807, 2.05) is 0 Å². The van der Waals surface area contributed by atoms with Gasteiger partial charge in [-0.2, -0.15) is 0 Å². The molecule has 0 aromatic rings. The molecule has 2 aliphatic heterocycles. The Morgan fingerprint density at radius 1 is 1.24 bits per heavy atom. The highest BCUT2D eigenvalue weighted by molar-refractivity contribution is 4.83. The molecule has 0 spiro atoms. The maximum absolute atomic E-state index is 3.68. The van der Waals surface area contributed by atoms with E-state index in [0.29, 0.717) is 0 Å². The van der Waals surface area contributed by atoms with Crippen LogP contribution in [-0.4, -0.2) is 62.2 Å². The lowest BCUT2D eigenvalue weighted by atomic mass is 9.93. The van der Waals surface area contributed by atoms with Crippen molar-refractivity contribution in [1.82, 2.24) is 15.1 Å². The van der Waals surface area contributed by atoms with Crippen molar-refractivity contribution >= 4 is 0 Å². The third-order valence-corrected chi connectivity index (χ3v) is 4.58. The Hall–Kier alpha value is -0.120. The van der Waals surface area contributed by atoms with Crippen molar-refractivity contribution < 1.29 is 0 Å². The topological polar surface area (TPSA) is 18.5 Å². The van der Waals surface area contributed by atoms with Gasteiger partial charge in [0.2, 0.25) is 0 Å². The summed E-state index contributed by atoms with van der Waals surface area (Å²) in [5, 5.41) is 3.68. The van der Waals surface area contributed by atoms with Gasteiger partial charge < -0.3 is 15.1 Å². The second-order valence-corrected chi connectivity index (χ2v) is 6.25. The van der Waals surface area contributed by atoms with Crippen molar-refractivity contribution in [1.29, 1.82) is 0 Å². The average molecular weight is 239 g/mol. The molecule has 2 heterocycles. The summed E-state index contributed by atoms with van der Waals surface area (Å²) in [5.74, 6) is 0.909. The van der Waals surface area contributed by atoms with E-state index < -0.39 is 0 Å². The van der Waals surface area contributed by atoms with Crippen LogP contribution in [0.25, 0.3) is 0 Å². The lowest BCUT2D eigenvalue weighted by Gasteiger charge is -2.38. The Balaban J connectivity index is 1.74. The van der Waals surface area contributed by atoms with E-state index in [1.165, 1.54) is 51.9 Å². The van der Waals surface area contributed by atoms with Crippen LogP contribution in [0.5, 0.6) is 0 Å². The predicted octanol–water partition coefficient (Wildman–Crippen LogP) is 1.40. The number of hydrogen-bond acceptors (Lipinski definition) is 3. The van der Waals surface area contributed by atoms with Crippen molar-refractivity contribution in [2.45, 2.75) is 44.7 Å². The number of likely N-dealkylation sites (tertiary alicyclic amines) is 1. The lowest BCUT2D eigenvalue weighted by molar-refractivity contribution is 0.125. The zero-order chi connectivity index (χ0) is 12.3. The molecular formula is C14H29N3. The second kappa shape index (κ2) is 6.17. The number of rotatable bonds is 3. The number of piperidine rings is 2. The summed E-state index contributed by atoms with van der Waals surface area (Å²) in [7, 11) is 4.55. The van der Waals surface area contributed by atoms with Crippen LogP contribution < -0.4 is 5.32 Å². The van der Waals surface area contributed by atoms with Gasteiger partial charge in [-0.3, -0.25) is 0 Å². The standard InChI is InChI=1S/C14H29N3/c1-12-4-7-15-13(10-12)11-17(3)14-5-8-16(2)9-6-14/h12-15H,4-11H2,1-3H3. The van der Waals surface area contributed by atoms with Crippen LogP contribution >= 0.6 is 0 Å². The van der Waals surface area contributed by atoms with Crippen molar-refractivity contribution in [3.05, 3.63) is 0 Å². The molecule has 17 heavy (non-hydrogen) atoms. The predicted molar refractivity (Wildman–Crippen MR) is 73.3 cm³/mol. The van der Waals surface area contributed by atoms with Crippen LogP contribution in [-0.2, 0) is 0 Å². The summed E-state index contributed by atoms with van der Waals surface area (Å²) in [4.78, 5) is 5.05. The number of nitrogens with one attached hydrogen (secondary N) is 1. The molecule has 0 amide bonds. The van der Waals surface area contributed by atoms with Gasteiger partial charge >= 0.3 is 0 Å². The highest BCUT2D eigenvalue weighted by Gasteiger charge is 2.24. The molecule has 2 saturated heterocycles. The van der Waals surface area contributed by atoms with Gasteiger partial charge in [-0.25, -0.2) is 0 Å². The summed E-state index contributed by atoms with van der Waals surface area (Å²) in [6, 6.07) is 1.54. The molecule has 0 aliphatic carbocycles. The van der Waals surface area contributed by atoms with Crippen LogP contribution in [0.15, 0.2) is 0 Å². The van der Waals surface area contributed by atoms with Gasteiger partial charge in [0, 0.05) is 18.6 Å². The number of hydrogen-bond donors (Lipinski definition) is 1. The molecule has 0 aromatic carbocycles. The minimum atomic E-state index is 0.725. The fourth-order valence-corrected chi connectivity index (χ4v) is 3.29. The Labute approximate surface area is 107 Å². The summed E-state index contributed by atoms with van der Waals surface area (Å²) in [5.41, 5.74) is 0. The number of nitrogens with zero attached hydrogens (tertiary/aromatic N) is 2. The summed E-state index contributed by atoms with van der Waals surface area (Å²) in [6.07, 6.45) is 5.40. The summed E-state index contributed by atoms with van der Waals surface area (Å²) in [6.45, 7) is 7.38. The van der Waals surface area contributed by atoms with E-state index in [1.54, 1.807) is 0 Å². The van der Waals surface area contributed by atoms with E-state index in [4.69, 9.17) is 0 Å². The molecule has 0 radical (unpaired) electrons. The third kappa shape index (κ3) is 3.94. The van der Waals surface area contributed by atoms with Crippen LogP contribution in [0.1, 0.15) is 32.6 Å². The molecule has 0 bridgehead atoms. The zero-order valence-electron chi connectivity index (χ0n) is 11.8. The van der Waals surface area contributed by atoms with E-state index in [0.717, 1.165) is 18.0 Å². The van der Waals surface area contributed by atoms with Gasteiger partial charge in [0.1, 0.15) is 0 Å². The van der Waals surface area contributed by atoms with Crippen molar-refractivity contribution in [2.75, 3.05) is 40.3 Å². The van der Waals surface area contributed by atoms with Gasteiger partial charge in [-0.1, -0.05) is 6.92 Å². The van der Waals surface area contributed by atoms with E-state index in [2.05, 4.69) is 36.1 Å². The fraction of sp³-hybridized carbons (Fsp3) is 1.00. The van der Waals surface area contributed by atoms with Gasteiger partial charge in [0.05, 0.1) is 0 Å². The highest BCUT2D eigenvalue weighted by Crippen LogP contribution is 2.19. The van der Waals surface area contributed by atoms with Gasteiger partial charge in [0.15, 0.2) is 0 Å². The molecule has 2 rings (SSSR count). The van der Waals surface area contributed by atoms with E-state index >= 15 is 0 Å². The molecule has 2 aliphatic rings. The number of likely N-dealkylation sites (N-methyl/N-ethyl adjacent to an activating group) is 1. The largest absolute Gasteiger partial charge is 0.313 e. The summed E-state index contributed by atoms with van der Waals surface area (Å²) < 4.78 is 0. The smallest absolute Gasteiger partial charge is 0.0197 e. The first-order valence-corrected chi connectivity index (χ1v) is 7.27. The zero-order valence-corrected chi connectivity index (χ0v) is 11.8. The van der Waals surface area contributed by atoms with Crippen molar-refractivity contribution in [3.8, 4) is 0 Å². The van der Waals surface area contributed by atoms with Crippen LogP contribution in [0.3, 0.4) is 0 Å². The quantitative estimate of drug-likeness (QED) is 0.803. The first kappa shape index (κ1) is 13.3. The Morgan fingerprint density at radius 3 is 2.59 bits per heavy atom. The van der Waals surface area contributed by atoms with E-state index in [-0.39, 0.29) is 0 Å². The fourth-order valence-electron chi connectivity index (χ4n) is 3.29. The minimum Gasteiger partial charge on any atom is -0.313 e. The monoisotopic (exact) mass is 239 g/mol. The van der Waals surface area contributed by atoms with Crippen molar-refractivity contribution in [3.63, 3.8) is 0 Å². The molecule has 2 fully saturated rings. The molecule has 3 heteroatoms. The maximum atomic E-state index is 3.68. The second-order valence-electron chi connectivity index (χ2n) is 6.25. The Morgan fingerprint density at radius 2 is 1.94 bits per heavy atom. The first-order chi connectivity index (χ1) is 8.15. The average Bonchev–Trinajstić information content (AvgIpc) is 2.29. The summed E-state index contributed by atoms with van der Waals surface area (Å²) >= 11 is 0. The SMILES string of the molecule is CC1CCNC(CN(C)C2CCN(C)CC2)C1. The molecule has 1 N–H and O–H groups in total. The van der Waals surface area contributed by atoms with Crippen molar-refractivity contribution in [2.24, 2.45) is 5.92 Å². The molecule has 0 aromatic heterocycles. The van der Waals surface area contributed by atoms with E-state index in [9.17, 15) is 0 Å². The van der Waals surface area contributed by atoms with Gasteiger partial charge in [-0.15, -0.1) is 0 Å². The molecular weight excluding hydrogens is 210 g/mol. The maximum Gasteiger partial charge on any atom is 0.0197 e. The normalized spacial score (nSPS) is 33.2. The minimum absolute atomic E-state index is 0.725. The van der Waals surface area contributed by atoms with Gasteiger partial charge in [0.25, 0.3) is 0 Å². The molecule has 0 saturated carbocycles. The van der Waals surface area contributed by atoms with Crippen LogP contribution in [0, 0.1) is 5.92 Å². The Bertz CT molecular complexity index is 224. The van der Waals surface area contributed by atoms with Crippen LogP contribution in [0.4, 0.5) is 0 Å². The van der Waals surface area contributed by atoms with Gasteiger partial charge in [-0.05, 0) is 65.3 Å². The molecule has 100 valence electrons. The molecule has 3 nitrogen and oxygen atoms in total. The Kier molecular flexibility index (Phi) is 4.83. The highest BCUT2D eigenvalue weighted by atomic mass is 15.2. The molecule has 2 atom stereocenters. The first-order valence-electron chi connectivity index (χ1n) is 7.27. The van der Waals surface area contributed by atoms with Crippen LogP contribution in [0.2, 0.25) is 0 Å². The third-order valence-electron chi connectivity index (χ3n) is 4.58. The molecule has 2 unspecified atom stereocenters.